The molecule has 0 N–H and O–H groups in total. The molecule has 0 saturated carbocycles. The van der Waals surface area contributed by atoms with Crippen molar-refractivity contribution < 1.29 is 4.74 Å². The smallest absolute Gasteiger partial charge is 0.120 e. The van der Waals surface area contributed by atoms with Crippen molar-refractivity contribution in [1.82, 2.24) is 0 Å². The van der Waals surface area contributed by atoms with E-state index in [0.717, 1.165) is 35.0 Å². The molecule has 3 rings (SSSR count). The molecule has 0 aliphatic heterocycles. The van der Waals surface area contributed by atoms with E-state index in [9.17, 15) is 0 Å². The number of hydrogen-bond acceptors (Lipinski definition) is 2. The second-order valence-electron chi connectivity index (χ2n) is 5.44. The monoisotopic (exact) mass is 452 g/mol. The molecule has 0 aliphatic carbocycles. The summed E-state index contributed by atoms with van der Waals surface area (Å²) in [6, 6.07) is 15.0. The van der Waals surface area contributed by atoms with Gasteiger partial charge >= 0.3 is 0 Å². The zero-order valence-corrected chi connectivity index (χ0v) is 16.9. The Bertz CT molecular complexity index is 793. The number of unbranched alkanes of at least 4 members (excludes halogenated alkanes) is 1. The SMILES string of the molecule is Cc1sc2cc(OCCCCBr)ccc2c1-c1ccc(Br)cc1. The average molecular weight is 454 g/mol. The summed E-state index contributed by atoms with van der Waals surface area (Å²) < 4.78 is 8.27. The van der Waals surface area contributed by atoms with Crippen LogP contribution in [0.4, 0.5) is 0 Å². The second kappa shape index (κ2) is 7.82. The first-order chi connectivity index (χ1) is 11.2. The number of halogens is 2. The highest BCUT2D eigenvalue weighted by Crippen LogP contribution is 2.40. The van der Waals surface area contributed by atoms with Gasteiger partial charge in [0.25, 0.3) is 0 Å². The molecule has 0 saturated heterocycles. The van der Waals surface area contributed by atoms with Crippen LogP contribution in [-0.4, -0.2) is 11.9 Å². The lowest BCUT2D eigenvalue weighted by Crippen LogP contribution is -1.97. The summed E-state index contributed by atoms with van der Waals surface area (Å²) in [6.45, 7) is 2.97. The molecule has 3 aromatic rings. The number of rotatable bonds is 6. The van der Waals surface area contributed by atoms with Crippen molar-refractivity contribution in [1.29, 1.82) is 0 Å². The zero-order chi connectivity index (χ0) is 16.2. The Morgan fingerprint density at radius 3 is 2.57 bits per heavy atom. The normalized spacial score (nSPS) is 11.1. The summed E-state index contributed by atoms with van der Waals surface area (Å²) in [5.41, 5.74) is 2.60. The summed E-state index contributed by atoms with van der Waals surface area (Å²) in [5.74, 6) is 0.968. The summed E-state index contributed by atoms with van der Waals surface area (Å²) in [7, 11) is 0. The van der Waals surface area contributed by atoms with Crippen LogP contribution in [-0.2, 0) is 0 Å². The Balaban J connectivity index is 1.89. The van der Waals surface area contributed by atoms with E-state index in [1.54, 1.807) is 0 Å². The van der Waals surface area contributed by atoms with Crippen LogP contribution < -0.4 is 4.74 Å². The number of ether oxygens (including phenoxy) is 1. The molecule has 0 aliphatic rings. The van der Waals surface area contributed by atoms with Crippen molar-refractivity contribution in [3.63, 3.8) is 0 Å². The molecule has 1 aromatic heterocycles. The maximum absolute atomic E-state index is 5.87. The summed E-state index contributed by atoms with van der Waals surface area (Å²) >= 11 is 8.79. The van der Waals surface area contributed by atoms with Crippen LogP contribution in [0.25, 0.3) is 21.2 Å². The Hall–Kier alpha value is -0.840. The van der Waals surface area contributed by atoms with E-state index in [-0.39, 0.29) is 0 Å². The number of hydrogen-bond donors (Lipinski definition) is 0. The minimum Gasteiger partial charge on any atom is -0.494 e. The number of aryl methyl sites for hydroxylation is 1. The second-order valence-corrected chi connectivity index (χ2v) is 8.41. The Labute approximate surface area is 157 Å². The quantitative estimate of drug-likeness (QED) is 0.283. The van der Waals surface area contributed by atoms with E-state index in [4.69, 9.17) is 4.74 Å². The molecule has 2 aromatic carbocycles. The maximum atomic E-state index is 5.87. The minimum atomic E-state index is 0.779. The molecule has 0 spiro atoms. The fourth-order valence-corrected chi connectivity index (χ4v) is 4.43. The molecule has 0 radical (unpaired) electrons. The van der Waals surface area contributed by atoms with Crippen LogP contribution in [0.3, 0.4) is 0 Å². The third-order valence-electron chi connectivity index (χ3n) is 3.77. The molecule has 1 heterocycles. The molecule has 0 fully saturated rings. The lowest BCUT2D eigenvalue weighted by Gasteiger charge is -2.06. The van der Waals surface area contributed by atoms with E-state index in [1.165, 1.54) is 26.1 Å². The van der Waals surface area contributed by atoms with E-state index in [1.807, 2.05) is 11.3 Å². The average Bonchev–Trinajstić information content (AvgIpc) is 2.87. The third-order valence-corrected chi connectivity index (χ3v) is 5.92. The van der Waals surface area contributed by atoms with Gasteiger partial charge in [0.1, 0.15) is 5.75 Å². The largest absolute Gasteiger partial charge is 0.494 e. The molecule has 23 heavy (non-hydrogen) atoms. The molecular formula is C19H18Br2OS. The first-order valence-electron chi connectivity index (χ1n) is 7.67. The predicted molar refractivity (Wildman–Crippen MR) is 108 cm³/mol. The van der Waals surface area contributed by atoms with Crippen molar-refractivity contribution in [3.05, 3.63) is 51.8 Å². The molecule has 0 amide bonds. The highest BCUT2D eigenvalue weighted by atomic mass is 79.9. The third kappa shape index (κ3) is 3.98. The number of alkyl halides is 1. The molecule has 0 bridgehead atoms. The van der Waals surface area contributed by atoms with E-state index >= 15 is 0 Å². The summed E-state index contributed by atoms with van der Waals surface area (Å²) in [6.07, 6.45) is 2.23. The Kier molecular flexibility index (Phi) is 5.78. The van der Waals surface area contributed by atoms with Crippen LogP contribution in [0.15, 0.2) is 46.9 Å². The van der Waals surface area contributed by atoms with Gasteiger partial charge in [0.15, 0.2) is 0 Å². The van der Waals surface area contributed by atoms with Crippen LogP contribution in [0.1, 0.15) is 17.7 Å². The standard InChI is InChI=1S/C19H18Br2OS/c1-13-19(14-4-6-15(21)7-5-14)17-9-8-16(12-18(17)23-13)22-11-3-2-10-20/h4-9,12H,2-3,10-11H2,1H3. The summed E-state index contributed by atoms with van der Waals surface area (Å²) in [4.78, 5) is 1.35. The molecular weight excluding hydrogens is 436 g/mol. The highest BCUT2D eigenvalue weighted by Gasteiger charge is 2.12. The van der Waals surface area contributed by atoms with Gasteiger partial charge in [0, 0.05) is 30.3 Å². The number of fused-ring (bicyclic) bond motifs is 1. The van der Waals surface area contributed by atoms with Gasteiger partial charge in [-0.15, -0.1) is 11.3 Å². The predicted octanol–water partition coefficient (Wildman–Crippen LogP) is 7.19. The molecule has 0 unspecified atom stereocenters. The topological polar surface area (TPSA) is 9.23 Å². The van der Waals surface area contributed by atoms with Crippen LogP contribution in [0.5, 0.6) is 5.75 Å². The van der Waals surface area contributed by atoms with E-state index in [0.29, 0.717) is 0 Å². The van der Waals surface area contributed by atoms with Crippen LogP contribution in [0.2, 0.25) is 0 Å². The van der Waals surface area contributed by atoms with Gasteiger partial charge < -0.3 is 4.74 Å². The fourth-order valence-electron chi connectivity index (χ4n) is 2.65. The van der Waals surface area contributed by atoms with Gasteiger partial charge in [-0.2, -0.15) is 0 Å². The van der Waals surface area contributed by atoms with Crippen molar-refractivity contribution in [3.8, 4) is 16.9 Å². The molecule has 120 valence electrons. The van der Waals surface area contributed by atoms with Crippen molar-refractivity contribution in [2.75, 3.05) is 11.9 Å². The van der Waals surface area contributed by atoms with Crippen LogP contribution >= 0.6 is 43.2 Å². The van der Waals surface area contributed by atoms with Gasteiger partial charge in [0.05, 0.1) is 6.61 Å². The van der Waals surface area contributed by atoms with E-state index < -0.39 is 0 Å². The van der Waals surface area contributed by atoms with Gasteiger partial charge in [-0.05, 0) is 55.7 Å². The summed E-state index contributed by atoms with van der Waals surface area (Å²) in [5, 5.41) is 2.35. The van der Waals surface area contributed by atoms with Crippen molar-refractivity contribution in [2.24, 2.45) is 0 Å². The van der Waals surface area contributed by atoms with Crippen molar-refractivity contribution >= 4 is 53.3 Å². The molecule has 4 heteroatoms. The van der Waals surface area contributed by atoms with Gasteiger partial charge in [-0.1, -0.05) is 44.0 Å². The fraction of sp³-hybridized carbons (Fsp3) is 0.263. The zero-order valence-electron chi connectivity index (χ0n) is 12.9. The lowest BCUT2D eigenvalue weighted by molar-refractivity contribution is 0.310. The van der Waals surface area contributed by atoms with Crippen LogP contribution in [0, 0.1) is 6.92 Å². The molecule has 1 nitrogen and oxygen atoms in total. The first kappa shape index (κ1) is 17.0. The Morgan fingerprint density at radius 1 is 1.04 bits per heavy atom. The van der Waals surface area contributed by atoms with Gasteiger partial charge in [0.2, 0.25) is 0 Å². The molecule has 0 atom stereocenters. The number of benzene rings is 2. The Morgan fingerprint density at radius 2 is 1.83 bits per heavy atom. The maximum Gasteiger partial charge on any atom is 0.120 e. The van der Waals surface area contributed by atoms with E-state index in [2.05, 4.69) is 81.2 Å². The first-order valence-corrected chi connectivity index (χ1v) is 10.4. The lowest BCUT2D eigenvalue weighted by atomic mass is 10.0. The van der Waals surface area contributed by atoms with Gasteiger partial charge in [-0.3, -0.25) is 0 Å². The highest BCUT2D eigenvalue weighted by molar-refractivity contribution is 9.10. The number of thiophene rings is 1. The van der Waals surface area contributed by atoms with Crippen molar-refractivity contribution in [2.45, 2.75) is 19.8 Å². The van der Waals surface area contributed by atoms with Gasteiger partial charge in [-0.25, -0.2) is 0 Å². The minimum absolute atomic E-state index is 0.779.